The van der Waals surface area contributed by atoms with E-state index in [-0.39, 0.29) is 24.7 Å². The highest BCUT2D eigenvalue weighted by Gasteiger charge is 2.12. The van der Waals surface area contributed by atoms with E-state index in [4.69, 9.17) is 11.6 Å². The number of Topliss-reactive ketones (excluding diaryl/α,β-unsaturated/α-hetero) is 1. The molecule has 0 aliphatic rings. The van der Waals surface area contributed by atoms with Crippen molar-refractivity contribution in [2.45, 2.75) is 19.8 Å². The minimum absolute atomic E-state index is 0.106. The van der Waals surface area contributed by atoms with E-state index in [1.807, 2.05) is 0 Å². The van der Waals surface area contributed by atoms with Crippen molar-refractivity contribution in [2.75, 3.05) is 11.9 Å². The minimum Gasteiger partial charge on any atom is -0.356 e. The van der Waals surface area contributed by atoms with Gasteiger partial charge >= 0.3 is 0 Å². The molecule has 1 aromatic rings. The molecule has 0 atom stereocenters. The number of hydrogen-bond acceptors (Lipinski definition) is 3. The normalized spacial score (nSPS) is 9.79. The zero-order valence-electron chi connectivity index (χ0n) is 10.5. The number of rotatable bonds is 7. The molecular formula is C13H15ClN2O3. The molecule has 19 heavy (non-hydrogen) atoms. The second-order valence-electron chi connectivity index (χ2n) is 3.83. The smallest absolute Gasteiger partial charge is 0.219 e. The molecule has 1 aromatic carbocycles. The zero-order chi connectivity index (χ0) is 14.3. The first kappa shape index (κ1) is 15.2. The fourth-order valence-electron chi connectivity index (χ4n) is 1.51. The van der Waals surface area contributed by atoms with Crippen molar-refractivity contribution in [3.05, 3.63) is 28.8 Å². The Labute approximate surface area is 116 Å². The van der Waals surface area contributed by atoms with Gasteiger partial charge in [-0.25, -0.2) is 0 Å². The molecule has 0 heterocycles. The van der Waals surface area contributed by atoms with E-state index in [1.165, 1.54) is 6.07 Å². The van der Waals surface area contributed by atoms with E-state index >= 15 is 0 Å². The van der Waals surface area contributed by atoms with Gasteiger partial charge in [-0.05, 0) is 18.2 Å². The Kier molecular flexibility index (Phi) is 6.02. The number of hydrogen-bond donors (Lipinski definition) is 2. The number of amides is 2. The summed E-state index contributed by atoms with van der Waals surface area (Å²) in [6.45, 7) is 2.00. The first-order valence-electron chi connectivity index (χ1n) is 5.88. The van der Waals surface area contributed by atoms with E-state index in [0.29, 0.717) is 29.1 Å². The second-order valence-corrected chi connectivity index (χ2v) is 4.27. The Morgan fingerprint density at radius 1 is 1.37 bits per heavy atom. The summed E-state index contributed by atoms with van der Waals surface area (Å²) in [6, 6.07) is 4.65. The third kappa shape index (κ3) is 4.71. The summed E-state index contributed by atoms with van der Waals surface area (Å²) in [5.74, 6) is -0.298. The number of anilines is 1. The third-order valence-corrected chi connectivity index (χ3v) is 2.73. The first-order chi connectivity index (χ1) is 9.08. The van der Waals surface area contributed by atoms with Crippen LogP contribution in [0.25, 0.3) is 0 Å². The van der Waals surface area contributed by atoms with Crippen molar-refractivity contribution in [2.24, 2.45) is 0 Å². The number of nitrogens with one attached hydrogen (secondary N) is 2. The van der Waals surface area contributed by atoms with Crippen LogP contribution in [0.2, 0.25) is 5.02 Å². The molecule has 2 amide bonds. The van der Waals surface area contributed by atoms with E-state index in [9.17, 15) is 14.4 Å². The van der Waals surface area contributed by atoms with Crippen LogP contribution in [0.1, 0.15) is 30.1 Å². The van der Waals surface area contributed by atoms with Crippen LogP contribution < -0.4 is 10.6 Å². The third-order valence-electron chi connectivity index (χ3n) is 2.49. The number of halogens is 1. The van der Waals surface area contributed by atoms with Crippen LogP contribution in [0, 0.1) is 0 Å². The summed E-state index contributed by atoms with van der Waals surface area (Å²) in [5.41, 5.74) is 0.747. The molecule has 1 rings (SSSR count). The van der Waals surface area contributed by atoms with Gasteiger partial charge in [0.15, 0.2) is 5.78 Å². The lowest BCUT2D eigenvalue weighted by molar-refractivity contribution is -0.120. The predicted molar refractivity (Wildman–Crippen MR) is 73.4 cm³/mol. The standard InChI is InChI=1S/C13H15ClN2O3/c1-2-13(19)15-6-5-12(18)10-7-9(14)3-4-11(10)16-8-17/h3-4,7-8H,2,5-6H2,1H3,(H,15,19)(H,16,17). The molecule has 0 spiro atoms. The highest BCUT2D eigenvalue weighted by Crippen LogP contribution is 2.21. The first-order valence-corrected chi connectivity index (χ1v) is 6.26. The molecule has 0 radical (unpaired) electrons. The van der Waals surface area contributed by atoms with Crippen molar-refractivity contribution in [1.82, 2.24) is 5.32 Å². The molecule has 0 bridgehead atoms. The van der Waals surface area contributed by atoms with E-state index in [0.717, 1.165) is 0 Å². The molecular weight excluding hydrogens is 268 g/mol. The number of carbonyl (C=O) groups is 3. The Morgan fingerprint density at radius 3 is 2.74 bits per heavy atom. The maximum Gasteiger partial charge on any atom is 0.219 e. The average molecular weight is 283 g/mol. The zero-order valence-corrected chi connectivity index (χ0v) is 11.3. The predicted octanol–water partition coefficient (Wildman–Crippen LogP) is 2.01. The van der Waals surface area contributed by atoms with Gasteiger partial charge in [0.05, 0.1) is 5.69 Å². The SMILES string of the molecule is CCC(=O)NCCC(=O)c1cc(Cl)ccc1NC=O. The van der Waals surface area contributed by atoms with E-state index in [1.54, 1.807) is 19.1 Å². The highest BCUT2D eigenvalue weighted by atomic mass is 35.5. The van der Waals surface area contributed by atoms with Gasteiger partial charge in [-0.2, -0.15) is 0 Å². The summed E-state index contributed by atoms with van der Waals surface area (Å²) < 4.78 is 0. The van der Waals surface area contributed by atoms with Gasteiger partial charge in [-0.1, -0.05) is 18.5 Å². The molecule has 6 heteroatoms. The van der Waals surface area contributed by atoms with Gasteiger partial charge in [-0.15, -0.1) is 0 Å². The molecule has 0 aliphatic carbocycles. The molecule has 102 valence electrons. The Morgan fingerprint density at radius 2 is 2.11 bits per heavy atom. The van der Waals surface area contributed by atoms with Crippen LogP contribution in [0.4, 0.5) is 5.69 Å². The second kappa shape index (κ2) is 7.53. The molecule has 0 saturated heterocycles. The Bertz CT molecular complexity index is 489. The van der Waals surface area contributed by atoms with Crippen LogP contribution in [-0.2, 0) is 9.59 Å². The maximum atomic E-state index is 12.0. The van der Waals surface area contributed by atoms with Gasteiger partial charge in [0.25, 0.3) is 0 Å². The topological polar surface area (TPSA) is 75.3 Å². The lowest BCUT2D eigenvalue weighted by atomic mass is 10.1. The summed E-state index contributed by atoms with van der Waals surface area (Å²) in [5, 5.41) is 5.48. The van der Waals surface area contributed by atoms with Crippen LogP contribution in [0.15, 0.2) is 18.2 Å². The van der Waals surface area contributed by atoms with Crippen LogP contribution in [-0.4, -0.2) is 24.6 Å². The fraction of sp³-hybridized carbons (Fsp3) is 0.308. The van der Waals surface area contributed by atoms with Crippen molar-refractivity contribution in [1.29, 1.82) is 0 Å². The molecule has 2 N–H and O–H groups in total. The van der Waals surface area contributed by atoms with Gasteiger partial charge in [0, 0.05) is 30.0 Å². The average Bonchev–Trinajstić information content (AvgIpc) is 2.40. The largest absolute Gasteiger partial charge is 0.356 e. The Balaban J connectivity index is 2.72. The summed E-state index contributed by atoms with van der Waals surface area (Å²) in [4.78, 5) is 33.5. The summed E-state index contributed by atoms with van der Waals surface area (Å²) in [6.07, 6.45) is 1.03. The van der Waals surface area contributed by atoms with Gasteiger partial charge in [0.2, 0.25) is 12.3 Å². The summed E-state index contributed by atoms with van der Waals surface area (Å²) in [7, 11) is 0. The molecule has 0 aliphatic heterocycles. The quantitative estimate of drug-likeness (QED) is 0.593. The van der Waals surface area contributed by atoms with Crippen molar-refractivity contribution in [3.8, 4) is 0 Å². The number of benzene rings is 1. The number of carbonyl (C=O) groups excluding carboxylic acids is 3. The number of ketones is 1. The fourth-order valence-corrected chi connectivity index (χ4v) is 1.68. The monoisotopic (exact) mass is 282 g/mol. The Hall–Kier alpha value is -1.88. The van der Waals surface area contributed by atoms with Gasteiger partial charge in [-0.3, -0.25) is 14.4 Å². The lowest BCUT2D eigenvalue weighted by Gasteiger charge is -2.08. The minimum atomic E-state index is -0.191. The summed E-state index contributed by atoms with van der Waals surface area (Å²) >= 11 is 5.83. The van der Waals surface area contributed by atoms with Crippen LogP contribution in [0.3, 0.4) is 0 Å². The highest BCUT2D eigenvalue weighted by molar-refractivity contribution is 6.31. The molecule has 0 saturated carbocycles. The van der Waals surface area contributed by atoms with Crippen LogP contribution >= 0.6 is 11.6 Å². The van der Waals surface area contributed by atoms with Gasteiger partial charge < -0.3 is 10.6 Å². The van der Waals surface area contributed by atoms with Crippen molar-refractivity contribution in [3.63, 3.8) is 0 Å². The lowest BCUT2D eigenvalue weighted by Crippen LogP contribution is -2.25. The molecule has 0 aromatic heterocycles. The van der Waals surface area contributed by atoms with Crippen LogP contribution in [0.5, 0.6) is 0 Å². The molecule has 5 nitrogen and oxygen atoms in total. The molecule has 0 fully saturated rings. The van der Waals surface area contributed by atoms with Crippen molar-refractivity contribution < 1.29 is 14.4 Å². The van der Waals surface area contributed by atoms with E-state index in [2.05, 4.69) is 10.6 Å². The van der Waals surface area contributed by atoms with E-state index < -0.39 is 0 Å². The van der Waals surface area contributed by atoms with Crippen molar-refractivity contribution >= 4 is 35.4 Å². The maximum absolute atomic E-state index is 12.0. The van der Waals surface area contributed by atoms with Gasteiger partial charge in [0.1, 0.15) is 0 Å². The molecule has 0 unspecified atom stereocenters.